The Morgan fingerprint density at radius 1 is 1.14 bits per heavy atom. The molecule has 0 aliphatic carbocycles. The average molecular weight is 396 g/mol. The number of benzene rings is 2. The molecule has 28 heavy (non-hydrogen) atoms. The number of rotatable bonds is 7. The number of ether oxygens (including phenoxy) is 2. The zero-order valence-electron chi connectivity index (χ0n) is 14.8. The van der Waals surface area contributed by atoms with Gasteiger partial charge in [0.15, 0.2) is 11.5 Å². The number of methoxy groups -OCH3 is 1. The van der Waals surface area contributed by atoms with Crippen LogP contribution >= 0.6 is 12.2 Å². The second-order valence-corrected chi connectivity index (χ2v) is 6.05. The molecule has 0 atom stereocenters. The van der Waals surface area contributed by atoms with Crippen molar-refractivity contribution in [2.75, 3.05) is 12.5 Å². The molecule has 4 rings (SSSR count). The lowest BCUT2D eigenvalue weighted by molar-refractivity contribution is 0.363. The van der Waals surface area contributed by atoms with E-state index >= 15 is 0 Å². The van der Waals surface area contributed by atoms with E-state index in [9.17, 15) is 0 Å². The predicted octanol–water partition coefficient (Wildman–Crippen LogP) is 2.46. The fraction of sp³-hybridized carbons (Fsp3) is 0.118. The van der Waals surface area contributed by atoms with Crippen LogP contribution in [0.25, 0.3) is 5.69 Å². The SMILES string of the molecule is COc1cc(CNn2cn[nH]c2=S)ccc1Oc1nnnn1-c1ccccc1. The van der Waals surface area contributed by atoms with Crippen LogP contribution < -0.4 is 14.9 Å². The molecule has 0 radical (unpaired) electrons. The maximum Gasteiger partial charge on any atom is 0.346 e. The van der Waals surface area contributed by atoms with Crippen LogP contribution in [0.15, 0.2) is 54.9 Å². The second kappa shape index (κ2) is 7.88. The Morgan fingerprint density at radius 3 is 2.75 bits per heavy atom. The van der Waals surface area contributed by atoms with Crippen molar-refractivity contribution in [3.05, 3.63) is 65.2 Å². The summed E-state index contributed by atoms with van der Waals surface area (Å²) < 4.78 is 15.0. The highest BCUT2D eigenvalue weighted by atomic mass is 32.1. The normalized spacial score (nSPS) is 10.6. The van der Waals surface area contributed by atoms with Gasteiger partial charge in [-0.1, -0.05) is 29.4 Å². The van der Waals surface area contributed by atoms with Crippen LogP contribution in [0.3, 0.4) is 0 Å². The molecule has 2 aromatic heterocycles. The molecule has 0 spiro atoms. The number of para-hydroxylation sites is 1. The quantitative estimate of drug-likeness (QED) is 0.459. The van der Waals surface area contributed by atoms with Gasteiger partial charge in [0.05, 0.1) is 19.3 Å². The first-order valence-corrected chi connectivity index (χ1v) is 8.70. The molecule has 11 heteroatoms. The van der Waals surface area contributed by atoms with Gasteiger partial charge in [0.25, 0.3) is 0 Å². The second-order valence-electron chi connectivity index (χ2n) is 5.66. The van der Waals surface area contributed by atoms with Crippen molar-refractivity contribution in [1.29, 1.82) is 0 Å². The van der Waals surface area contributed by atoms with E-state index in [-0.39, 0.29) is 6.01 Å². The van der Waals surface area contributed by atoms with Gasteiger partial charge < -0.3 is 14.9 Å². The Hall–Kier alpha value is -3.73. The smallest absolute Gasteiger partial charge is 0.346 e. The molecule has 0 fully saturated rings. The molecule has 2 heterocycles. The molecule has 10 nitrogen and oxygen atoms in total. The highest BCUT2D eigenvalue weighted by molar-refractivity contribution is 7.71. The number of aromatic nitrogens is 7. The van der Waals surface area contributed by atoms with Gasteiger partial charge >= 0.3 is 6.01 Å². The first-order valence-electron chi connectivity index (χ1n) is 8.29. The van der Waals surface area contributed by atoms with E-state index in [0.29, 0.717) is 22.8 Å². The number of aromatic amines is 1. The van der Waals surface area contributed by atoms with Gasteiger partial charge in [0.2, 0.25) is 4.77 Å². The number of tetrazole rings is 1. The largest absolute Gasteiger partial charge is 0.493 e. The van der Waals surface area contributed by atoms with Crippen LogP contribution in [0, 0.1) is 4.77 Å². The van der Waals surface area contributed by atoms with Gasteiger partial charge in [-0.05, 0) is 52.5 Å². The molecule has 2 N–H and O–H groups in total. The summed E-state index contributed by atoms with van der Waals surface area (Å²) in [5, 5.41) is 18.2. The van der Waals surface area contributed by atoms with Gasteiger partial charge in [-0.15, -0.1) is 0 Å². The fourth-order valence-corrected chi connectivity index (χ4v) is 2.68. The van der Waals surface area contributed by atoms with Crippen LogP contribution in [0.1, 0.15) is 5.56 Å². The third-order valence-electron chi connectivity index (χ3n) is 3.88. The van der Waals surface area contributed by atoms with E-state index in [4.69, 9.17) is 21.7 Å². The highest BCUT2D eigenvalue weighted by Gasteiger charge is 2.14. The minimum atomic E-state index is 0.236. The van der Waals surface area contributed by atoms with E-state index in [0.717, 1.165) is 11.3 Å². The molecule has 0 bridgehead atoms. The number of nitrogens with zero attached hydrogens (tertiary/aromatic N) is 6. The Kier molecular flexibility index (Phi) is 4.97. The van der Waals surface area contributed by atoms with Crippen LogP contribution in [0.2, 0.25) is 0 Å². The number of hydrogen-bond donors (Lipinski definition) is 2. The molecule has 0 saturated carbocycles. The first-order chi connectivity index (χ1) is 13.7. The Morgan fingerprint density at radius 2 is 2.00 bits per heavy atom. The van der Waals surface area contributed by atoms with Crippen LogP contribution in [-0.2, 0) is 6.54 Å². The molecule has 0 aliphatic rings. The predicted molar refractivity (Wildman–Crippen MR) is 103 cm³/mol. The Balaban J connectivity index is 1.54. The molecular weight excluding hydrogens is 380 g/mol. The minimum Gasteiger partial charge on any atom is -0.493 e. The van der Waals surface area contributed by atoms with Crippen molar-refractivity contribution in [1.82, 2.24) is 35.1 Å². The summed E-state index contributed by atoms with van der Waals surface area (Å²) in [7, 11) is 1.58. The molecule has 142 valence electrons. The third kappa shape index (κ3) is 3.69. The van der Waals surface area contributed by atoms with E-state index < -0.39 is 0 Å². The molecule has 0 saturated heterocycles. The van der Waals surface area contributed by atoms with Crippen LogP contribution in [-0.4, -0.2) is 42.2 Å². The lowest BCUT2D eigenvalue weighted by Crippen LogP contribution is -2.13. The zero-order chi connectivity index (χ0) is 19.3. The molecular formula is C17H16N8O2S. The van der Waals surface area contributed by atoms with Crippen molar-refractivity contribution in [2.24, 2.45) is 0 Å². The number of hydrogen-bond acceptors (Lipinski definition) is 8. The molecule has 4 aromatic rings. The standard InChI is InChI=1S/C17H16N8O2S/c1-26-15-9-12(10-19-24-11-18-21-17(24)28)7-8-14(15)27-16-20-22-23-25(16)13-5-3-2-4-6-13/h2-9,11,19H,10H2,1H3,(H,21,28). The summed E-state index contributed by atoms with van der Waals surface area (Å²) in [4.78, 5) is 0. The maximum absolute atomic E-state index is 5.90. The van der Waals surface area contributed by atoms with Crippen molar-refractivity contribution in [3.8, 4) is 23.2 Å². The maximum atomic E-state index is 5.90. The van der Waals surface area contributed by atoms with Crippen molar-refractivity contribution >= 4 is 12.2 Å². The number of nitrogens with one attached hydrogen (secondary N) is 2. The summed E-state index contributed by atoms with van der Waals surface area (Å²) in [5.41, 5.74) is 4.90. The molecule has 0 unspecified atom stereocenters. The molecule has 2 aromatic carbocycles. The average Bonchev–Trinajstić information content (AvgIpc) is 3.36. The van der Waals surface area contributed by atoms with E-state index in [1.807, 2.05) is 42.5 Å². The van der Waals surface area contributed by atoms with Crippen LogP contribution in [0.5, 0.6) is 17.5 Å². The molecule has 0 amide bonds. The first kappa shape index (κ1) is 17.7. The van der Waals surface area contributed by atoms with Gasteiger partial charge in [0.1, 0.15) is 6.33 Å². The summed E-state index contributed by atoms with van der Waals surface area (Å²) >= 11 is 5.10. The van der Waals surface area contributed by atoms with Crippen molar-refractivity contribution in [3.63, 3.8) is 0 Å². The lowest BCUT2D eigenvalue weighted by Gasteiger charge is -2.12. The summed E-state index contributed by atoms with van der Waals surface area (Å²) in [6, 6.07) is 15.3. The van der Waals surface area contributed by atoms with Gasteiger partial charge in [0, 0.05) is 0 Å². The van der Waals surface area contributed by atoms with Crippen molar-refractivity contribution in [2.45, 2.75) is 6.54 Å². The Bertz CT molecular complexity index is 1120. The van der Waals surface area contributed by atoms with E-state index in [1.54, 1.807) is 24.2 Å². The fourth-order valence-electron chi connectivity index (χ4n) is 2.52. The van der Waals surface area contributed by atoms with Gasteiger partial charge in [-0.25, -0.2) is 4.68 Å². The van der Waals surface area contributed by atoms with Crippen molar-refractivity contribution < 1.29 is 9.47 Å². The Labute approximate surface area is 164 Å². The van der Waals surface area contributed by atoms with Crippen LogP contribution in [0.4, 0.5) is 0 Å². The molecule has 0 aliphatic heterocycles. The van der Waals surface area contributed by atoms with Gasteiger partial charge in [-0.3, -0.25) is 5.10 Å². The monoisotopic (exact) mass is 396 g/mol. The van der Waals surface area contributed by atoms with E-state index in [1.165, 1.54) is 4.68 Å². The highest BCUT2D eigenvalue weighted by Crippen LogP contribution is 2.32. The number of H-pyrrole nitrogens is 1. The summed E-state index contributed by atoms with van der Waals surface area (Å²) in [6.45, 7) is 0.520. The lowest BCUT2D eigenvalue weighted by atomic mass is 10.2. The summed E-state index contributed by atoms with van der Waals surface area (Å²) in [6.07, 6.45) is 1.57. The topological polar surface area (TPSA) is 108 Å². The summed E-state index contributed by atoms with van der Waals surface area (Å²) in [5.74, 6) is 1.05. The van der Waals surface area contributed by atoms with E-state index in [2.05, 4.69) is 31.1 Å². The zero-order valence-corrected chi connectivity index (χ0v) is 15.6. The van der Waals surface area contributed by atoms with Gasteiger partial charge in [-0.2, -0.15) is 9.78 Å². The third-order valence-corrected chi connectivity index (χ3v) is 4.16. The minimum absolute atomic E-state index is 0.236.